The van der Waals surface area contributed by atoms with Crippen LogP contribution in [0.4, 0.5) is 5.69 Å². The van der Waals surface area contributed by atoms with Gasteiger partial charge in [-0.1, -0.05) is 30.3 Å². The lowest BCUT2D eigenvalue weighted by molar-refractivity contribution is -0.384. The lowest BCUT2D eigenvalue weighted by Crippen LogP contribution is -2.01. The minimum absolute atomic E-state index is 0.0641. The van der Waals surface area contributed by atoms with Crippen molar-refractivity contribution in [3.63, 3.8) is 0 Å². The Labute approximate surface area is 125 Å². The van der Waals surface area contributed by atoms with Gasteiger partial charge in [0.2, 0.25) is 0 Å². The SMILES string of the molecule is O=[N+]([O-])c1ccc(CC(O)c2csc3ccccc23)cc1. The lowest BCUT2D eigenvalue weighted by Gasteiger charge is -2.10. The van der Waals surface area contributed by atoms with Crippen molar-refractivity contribution in [2.75, 3.05) is 0 Å². The highest BCUT2D eigenvalue weighted by molar-refractivity contribution is 7.17. The summed E-state index contributed by atoms with van der Waals surface area (Å²) in [7, 11) is 0. The molecule has 1 aromatic heterocycles. The van der Waals surface area contributed by atoms with Crippen molar-refractivity contribution in [1.82, 2.24) is 0 Å². The second kappa shape index (κ2) is 5.63. The molecule has 0 amide bonds. The molecule has 0 saturated heterocycles. The zero-order valence-electron chi connectivity index (χ0n) is 11.1. The zero-order chi connectivity index (χ0) is 14.8. The van der Waals surface area contributed by atoms with Gasteiger partial charge >= 0.3 is 0 Å². The van der Waals surface area contributed by atoms with Crippen molar-refractivity contribution < 1.29 is 10.0 Å². The summed E-state index contributed by atoms with van der Waals surface area (Å²) in [5.74, 6) is 0. The number of benzene rings is 2. The van der Waals surface area contributed by atoms with Crippen LogP contribution in [-0.2, 0) is 6.42 Å². The van der Waals surface area contributed by atoms with Crippen LogP contribution in [0.3, 0.4) is 0 Å². The van der Waals surface area contributed by atoms with E-state index in [1.165, 1.54) is 12.1 Å². The van der Waals surface area contributed by atoms with Crippen molar-refractivity contribution in [3.05, 3.63) is 75.2 Å². The van der Waals surface area contributed by atoms with Gasteiger partial charge in [-0.15, -0.1) is 11.3 Å². The Balaban J connectivity index is 1.82. The number of hydrogen-bond donors (Lipinski definition) is 1. The molecule has 4 nitrogen and oxygen atoms in total. The molecule has 1 atom stereocenters. The van der Waals surface area contributed by atoms with E-state index in [0.717, 1.165) is 21.2 Å². The number of fused-ring (bicyclic) bond motifs is 1. The van der Waals surface area contributed by atoms with Crippen LogP contribution >= 0.6 is 11.3 Å². The van der Waals surface area contributed by atoms with E-state index in [-0.39, 0.29) is 5.69 Å². The Bertz CT molecular complexity index is 780. The molecular weight excluding hydrogens is 286 g/mol. The highest BCUT2D eigenvalue weighted by atomic mass is 32.1. The second-order valence-electron chi connectivity index (χ2n) is 4.83. The van der Waals surface area contributed by atoms with E-state index in [0.29, 0.717) is 6.42 Å². The van der Waals surface area contributed by atoms with Gasteiger partial charge in [0, 0.05) is 23.3 Å². The maximum Gasteiger partial charge on any atom is 0.269 e. The van der Waals surface area contributed by atoms with Crippen molar-refractivity contribution >= 4 is 27.1 Å². The summed E-state index contributed by atoms with van der Waals surface area (Å²) in [5, 5.41) is 24.1. The average molecular weight is 299 g/mol. The van der Waals surface area contributed by atoms with Gasteiger partial charge in [0.05, 0.1) is 11.0 Å². The summed E-state index contributed by atoms with van der Waals surface area (Å²) >= 11 is 1.61. The summed E-state index contributed by atoms with van der Waals surface area (Å²) in [5.41, 5.74) is 1.85. The van der Waals surface area contributed by atoms with Crippen molar-refractivity contribution in [2.45, 2.75) is 12.5 Å². The minimum atomic E-state index is -0.609. The van der Waals surface area contributed by atoms with Crippen LogP contribution < -0.4 is 0 Å². The molecule has 5 heteroatoms. The standard InChI is InChI=1S/C16H13NO3S/c18-15(9-11-5-7-12(8-6-11)17(19)20)14-10-21-16-4-2-1-3-13(14)16/h1-8,10,15,18H,9H2. The van der Waals surface area contributed by atoms with E-state index in [9.17, 15) is 15.2 Å². The average Bonchev–Trinajstić information content (AvgIpc) is 2.92. The quantitative estimate of drug-likeness (QED) is 0.583. The largest absolute Gasteiger partial charge is 0.388 e. The molecular formula is C16H13NO3S. The summed E-state index contributed by atoms with van der Waals surface area (Å²) in [6.45, 7) is 0. The molecule has 0 aliphatic carbocycles. The minimum Gasteiger partial charge on any atom is -0.388 e. The molecule has 0 aliphatic heterocycles. The van der Waals surface area contributed by atoms with Crippen LogP contribution in [0.1, 0.15) is 17.2 Å². The van der Waals surface area contributed by atoms with Gasteiger partial charge in [-0.3, -0.25) is 10.1 Å². The van der Waals surface area contributed by atoms with Crippen LogP contribution in [0.5, 0.6) is 0 Å². The first-order chi connectivity index (χ1) is 10.1. The first-order valence-corrected chi connectivity index (χ1v) is 7.40. The maximum atomic E-state index is 10.6. The van der Waals surface area contributed by atoms with E-state index in [1.54, 1.807) is 23.5 Å². The van der Waals surface area contributed by atoms with E-state index in [4.69, 9.17) is 0 Å². The number of hydrogen-bond acceptors (Lipinski definition) is 4. The van der Waals surface area contributed by atoms with Crippen LogP contribution in [-0.4, -0.2) is 10.0 Å². The van der Waals surface area contributed by atoms with E-state index in [2.05, 4.69) is 0 Å². The molecule has 21 heavy (non-hydrogen) atoms. The number of rotatable bonds is 4. The Morgan fingerprint density at radius 2 is 1.86 bits per heavy atom. The Kier molecular flexibility index (Phi) is 3.68. The van der Waals surface area contributed by atoms with Crippen molar-refractivity contribution in [3.8, 4) is 0 Å². The molecule has 3 aromatic rings. The number of aliphatic hydroxyl groups excluding tert-OH is 1. The van der Waals surface area contributed by atoms with E-state index in [1.807, 2.05) is 29.6 Å². The van der Waals surface area contributed by atoms with Crippen molar-refractivity contribution in [1.29, 1.82) is 0 Å². The second-order valence-corrected chi connectivity index (χ2v) is 5.74. The molecule has 0 aliphatic rings. The number of aliphatic hydroxyl groups is 1. The summed E-state index contributed by atoms with van der Waals surface area (Å²) in [6, 6.07) is 14.3. The molecule has 0 saturated carbocycles. The molecule has 0 spiro atoms. The third-order valence-electron chi connectivity index (χ3n) is 3.45. The third kappa shape index (κ3) is 2.79. The van der Waals surface area contributed by atoms with Gasteiger partial charge in [0.25, 0.3) is 5.69 Å². The summed E-state index contributed by atoms with van der Waals surface area (Å²) in [6.07, 6.45) is -0.166. The predicted octanol–water partition coefficient (Wildman–Crippen LogP) is 4.09. The molecule has 2 aromatic carbocycles. The monoisotopic (exact) mass is 299 g/mol. The first kappa shape index (κ1) is 13.7. The van der Waals surface area contributed by atoms with Gasteiger partial charge < -0.3 is 5.11 Å². The maximum absolute atomic E-state index is 10.6. The fourth-order valence-corrected chi connectivity index (χ4v) is 3.35. The highest BCUT2D eigenvalue weighted by Gasteiger charge is 2.14. The van der Waals surface area contributed by atoms with Gasteiger partial charge in [0.1, 0.15) is 0 Å². The Hall–Kier alpha value is -2.24. The molecule has 1 unspecified atom stereocenters. The lowest BCUT2D eigenvalue weighted by atomic mass is 10.0. The molecule has 1 N–H and O–H groups in total. The summed E-state index contributed by atoms with van der Waals surface area (Å²) in [4.78, 5) is 10.2. The van der Waals surface area contributed by atoms with E-state index < -0.39 is 11.0 Å². The van der Waals surface area contributed by atoms with Crippen LogP contribution in [0.2, 0.25) is 0 Å². The Morgan fingerprint density at radius 1 is 1.14 bits per heavy atom. The molecule has 106 valence electrons. The number of nitrogens with zero attached hydrogens (tertiary/aromatic N) is 1. The fraction of sp³-hybridized carbons (Fsp3) is 0.125. The normalized spacial score (nSPS) is 12.4. The van der Waals surface area contributed by atoms with Crippen LogP contribution in [0.15, 0.2) is 53.9 Å². The summed E-state index contributed by atoms with van der Waals surface area (Å²) < 4.78 is 1.15. The van der Waals surface area contributed by atoms with Gasteiger partial charge in [-0.05, 0) is 28.0 Å². The molecule has 0 bridgehead atoms. The third-order valence-corrected chi connectivity index (χ3v) is 4.43. The molecule has 0 fully saturated rings. The van der Waals surface area contributed by atoms with E-state index >= 15 is 0 Å². The first-order valence-electron chi connectivity index (χ1n) is 6.52. The predicted molar refractivity (Wildman–Crippen MR) is 83.6 cm³/mol. The molecule has 3 rings (SSSR count). The molecule has 1 heterocycles. The zero-order valence-corrected chi connectivity index (χ0v) is 11.9. The number of nitro benzene ring substituents is 1. The van der Waals surface area contributed by atoms with Gasteiger partial charge in [0.15, 0.2) is 0 Å². The molecule has 0 radical (unpaired) electrons. The van der Waals surface area contributed by atoms with Crippen LogP contribution in [0.25, 0.3) is 10.1 Å². The Morgan fingerprint density at radius 3 is 2.57 bits per heavy atom. The number of non-ortho nitro benzene ring substituents is 1. The van der Waals surface area contributed by atoms with Gasteiger partial charge in [-0.2, -0.15) is 0 Å². The van der Waals surface area contributed by atoms with Crippen LogP contribution in [0, 0.1) is 10.1 Å². The van der Waals surface area contributed by atoms with Crippen molar-refractivity contribution in [2.24, 2.45) is 0 Å². The fourth-order valence-electron chi connectivity index (χ4n) is 2.34. The smallest absolute Gasteiger partial charge is 0.269 e. The number of thiophene rings is 1. The topological polar surface area (TPSA) is 63.4 Å². The van der Waals surface area contributed by atoms with Gasteiger partial charge in [-0.25, -0.2) is 0 Å². The number of nitro groups is 1. The highest BCUT2D eigenvalue weighted by Crippen LogP contribution is 2.31.